The Hall–Kier alpha value is -3.26. The number of rotatable bonds is 5. The van der Waals surface area contributed by atoms with Gasteiger partial charge in [-0.15, -0.1) is 11.3 Å². The molecule has 138 valence electrons. The molecule has 1 N–H and O–H groups in total. The van der Waals surface area contributed by atoms with Crippen LogP contribution in [0.25, 0.3) is 11.3 Å². The molecule has 0 spiro atoms. The van der Waals surface area contributed by atoms with Gasteiger partial charge in [0.2, 0.25) is 0 Å². The van der Waals surface area contributed by atoms with Gasteiger partial charge in [-0.1, -0.05) is 18.2 Å². The maximum atomic E-state index is 12.4. The fourth-order valence-corrected chi connectivity index (χ4v) is 3.27. The number of nitrogens with one attached hydrogen (secondary N) is 1. The summed E-state index contributed by atoms with van der Waals surface area (Å²) in [6.07, 6.45) is 0. The lowest BCUT2D eigenvalue weighted by atomic mass is 10.1. The molecule has 0 unspecified atom stereocenters. The van der Waals surface area contributed by atoms with Crippen LogP contribution in [-0.4, -0.2) is 22.9 Å². The largest absolute Gasteiger partial charge is 0.496 e. The number of aromatic nitrogens is 1. The van der Waals surface area contributed by atoms with E-state index < -0.39 is 4.92 Å². The molecule has 3 aromatic rings. The third kappa shape index (κ3) is 3.95. The van der Waals surface area contributed by atoms with Crippen LogP contribution in [-0.2, 0) is 0 Å². The van der Waals surface area contributed by atoms with Crippen molar-refractivity contribution in [3.8, 4) is 17.0 Å². The number of nitrogens with zero attached hydrogens (tertiary/aromatic N) is 2. The van der Waals surface area contributed by atoms with E-state index in [9.17, 15) is 14.9 Å². The fraction of sp³-hybridized carbons (Fsp3) is 0.158. The van der Waals surface area contributed by atoms with Gasteiger partial charge in [0.15, 0.2) is 5.13 Å². The number of nitro benzene ring substituents is 1. The Labute approximate surface area is 159 Å². The Kier molecular flexibility index (Phi) is 5.18. The molecular formula is C19H17N3O4S. The SMILES string of the molecule is COc1cc(C(=O)Nc2nc(-c3ccc(C)c([N+](=O)[O-])c3)cs2)ccc1C. The Morgan fingerprint density at radius 3 is 2.63 bits per heavy atom. The van der Waals surface area contributed by atoms with Gasteiger partial charge in [0.25, 0.3) is 11.6 Å². The smallest absolute Gasteiger partial charge is 0.272 e. The van der Waals surface area contributed by atoms with Crippen molar-refractivity contribution in [1.82, 2.24) is 4.98 Å². The number of amides is 1. The van der Waals surface area contributed by atoms with Gasteiger partial charge in [0.1, 0.15) is 5.75 Å². The molecular weight excluding hydrogens is 366 g/mol. The van der Waals surface area contributed by atoms with Gasteiger partial charge in [-0.3, -0.25) is 20.2 Å². The molecule has 0 aliphatic heterocycles. The number of anilines is 1. The number of ether oxygens (including phenoxy) is 1. The lowest BCUT2D eigenvalue weighted by Gasteiger charge is -2.07. The Balaban J connectivity index is 1.81. The summed E-state index contributed by atoms with van der Waals surface area (Å²) in [6, 6.07) is 10.1. The van der Waals surface area contributed by atoms with E-state index in [1.54, 1.807) is 43.7 Å². The van der Waals surface area contributed by atoms with Gasteiger partial charge >= 0.3 is 0 Å². The van der Waals surface area contributed by atoms with E-state index >= 15 is 0 Å². The Morgan fingerprint density at radius 2 is 1.93 bits per heavy atom. The Morgan fingerprint density at radius 1 is 1.19 bits per heavy atom. The van der Waals surface area contributed by atoms with Crippen molar-refractivity contribution >= 4 is 28.1 Å². The number of nitro groups is 1. The van der Waals surface area contributed by atoms with E-state index in [2.05, 4.69) is 10.3 Å². The number of carbonyl (C=O) groups excluding carboxylic acids is 1. The molecule has 0 bridgehead atoms. The topological polar surface area (TPSA) is 94.4 Å². The highest BCUT2D eigenvalue weighted by atomic mass is 32.1. The summed E-state index contributed by atoms with van der Waals surface area (Å²) in [5.41, 5.74) is 3.21. The lowest BCUT2D eigenvalue weighted by molar-refractivity contribution is -0.385. The molecule has 1 heterocycles. The van der Waals surface area contributed by atoms with Crippen LogP contribution in [0.2, 0.25) is 0 Å². The molecule has 0 saturated heterocycles. The van der Waals surface area contributed by atoms with E-state index in [0.29, 0.717) is 33.3 Å². The zero-order valence-corrected chi connectivity index (χ0v) is 15.8. The van der Waals surface area contributed by atoms with Crippen molar-refractivity contribution in [2.24, 2.45) is 0 Å². The number of hydrogen-bond acceptors (Lipinski definition) is 6. The summed E-state index contributed by atoms with van der Waals surface area (Å²) >= 11 is 1.25. The molecule has 27 heavy (non-hydrogen) atoms. The van der Waals surface area contributed by atoms with E-state index in [1.807, 2.05) is 13.0 Å². The number of methoxy groups -OCH3 is 1. The first-order valence-electron chi connectivity index (χ1n) is 8.06. The maximum Gasteiger partial charge on any atom is 0.272 e. The molecule has 1 aromatic heterocycles. The monoisotopic (exact) mass is 383 g/mol. The molecule has 3 rings (SSSR count). The van der Waals surface area contributed by atoms with Crippen LogP contribution in [0.3, 0.4) is 0 Å². The van der Waals surface area contributed by atoms with E-state index in [0.717, 1.165) is 5.56 Å². The van der Waals surface area contributed by atoms with Gasteiger partial charge in [0.05, 0.1) is 17.7 Å². The summed E-state index contributed by atoms with van der Waals surface area (Å²) in [4.78, 5) is 27.5. The van der Waals surface area contributed by atoms with Crippen LogP contribution >= 0.6 is 11.3 Å². The molecule has 8 heteroatoms. The van der Waals surface area contributed by atoms with Crippen molar-refractivity contribution in [3.05, 3.63) is 68.6 Å². The van der Waals surface area contributed by atoms with Crippen molar-refractivity contribution < 1.29 is 14.5 Å². The second kappa shape index (κ2) is 7.55. The zero-order chi connectivity index (χ0) is 19.6. The van der Waals surface area contributed by atoms with Crippen molar-refractivity contribution in [1.29, 1.82) is 0 Å². The Bertz CT molecular complexity index is 1030. The first-order chi connectivity index (χ1) is 12.9. The second-order valence-electron chi connectivity index (χ2n) is 5.93. The summed E-state index contributed by atoms with van der Waals surface area (Å²) in [7, 11) is 1.55. The molecule has 0 radical (unpaired) electrons. The van der Waals surface area contributed by atoms with Crippen LogP contribution in [0, 0.1) is 24.0 Å². The molecule has 2 aromatic carbocycles. The molecule has 0 atom stereocenters. The zero-order valence-electron chi connectivity index (χ0n) is 15.0. The number of thiazole rings is 1. The normalized spacial score (nSPS) is 10.5. The first-order valence-corrected chi connectivity index (χ1v) is 8.94. The maximum absolute atomic E-state index is 12.4. The second-order valence-corrected chi connectivity index (χ2v) is 6.79. The summed E-state index contributed by atoms with van der Waals surface area (Å²) < 4.78 is 5.24. The average molecular weight is 383 g/mol. The van der Waals surface area contributed by atoms with Crippen molar-refractivity contribution in [2.75, 3.05) is 12.4 Å². The average Bonchev–Trinajstić information content (AvgIpc) is 3.10. The highest BCUT2D eigenvalue weighted by molar-refractivity contribution is 7.14. The number of hydrogen-bond donors (Lipinski definition) is 1. The minimum atomic E-state index is -0.418. The standard InChI is InChI=1S/C19H17N3O4S/c1-11-4-6-13(8-16(11)22(24)25)15-10-27-19(20-15)21-18(23)14-7-5-12(2)17(9-14)26-3/h4-10H,1-3H3,(H,20,21,23). The van der Waals surface area contributed by atoms with Gasteiger partial charge in [0, 0.05) is 28.1 Å². The van der Waals surface area contributed by atoms with Gasteiger partial charge in [-0.25, -0.2) is 4.98 Å². The predicted molar refractivity (Wildman–Crippen MR) is 105 cm³/mol. The molecule has 0 aliphatic rings. The van der Waals surface area contributed by atoms with Crippen molar-refractivity contribution in [3.63, 3.8) is 0 Å². The fourth-order valence-electron chi connectivity index (χ4n) is 2.56. The lowest BCUT2D eigenvalue weighted by Crippen LogP contribution is -2.12. The summed E-state index contributed by atoms with van der Waals surface area (Å²) in [5.74, 6) is 0.332. The number of aryl methyl sites for hydroxylation is 2. The number of benzene rings is 2. The molecule has 1 amide bonds. The van der Waals surface area contributed by atoms with Crippen LogP contribution in [0.4, 0.5) is 10.8 Å². The van der Waals surface area contributed by atoms with Crippen LogP contribution in [0.15, 0.2) is 41.8 Å². The molecule has 7 nitrogen and oxygen atoms in total. The van der Waals surface area contributed by atoms with Crippen molar-refractivity contribution in [2.45, 2.75) is 13.8 Å². The predicted octanol–water partition coefficient (Wildman–Crippen LogP) is 4.60. The van der Waals surface area contributed by atoms with E-state index in [-0.39, 0.29) is 11.6 Å². The van der Waals surface area contributed by atoms with Gasteiger partial charge in [-0.05, 0) is 31.5 Å². The van der Waals surface area contributed by atoms with E-state index in [4.69, 9.17) is 4.74 Å². The van der Waals surface area contributed by atoms with Gasteiger partial charge < -0.3 is 4.74 Å². The minimum absolute atomic E-state index is 0.0397. The molecule has 0 fully saturated rings. The summed E-state index contributed by atoms with van der Waals surface area (Å²) in [5, 5.41) is 16.0. The molecule has 0 aliphatic carbocycles. The van der Waals surface area contributed by atoms with Crippen LogP contribution in [0.5, 0.6) is 5.75 Å². The first kappa shape index (κ1) is 18.5. The van der Waals surface area contributed by atoms with Crippen LogP contribution in [0.1, 0.15) is 21.5 Å². The van der Waals surface area contributed by atoms with E-state index in [1.165, 1.54) is 17.4 Å². The third-order valence-electron chi connectivity index (χ3n) is 4.10. The number of carbonyl (C=O) groups is 1. The quantitative estimate of drug-likeness (QED) is 0.513. The third-order valence-corrected chi connectivity index (χ3v) is 4.85. The highest BCUT2D eigenvalue weighted by Gasteiger charge is 2.15. The van der Waals surface area contributed by atoms with Crippen LogP contribution < -0.4 is 10.1 Å². The van der Waals surface area contributed by atoms with Gasteiger partial charge in [-0.2, -0.15) is 0 Å². The minimum Gasteiger partial charge on any atom is -0.496 e. The summed E-state index contributed by atoms with van der Waals surface area (Å²) in [6.45, 7) is 3.58. The highest BCUT2D eigenvalue weighted by Crippen LogP contribution is 2.29. The molecule has 0 saturated carbocycles.